The van der Waals surface area contributed by atoms with Gasteiger partial charge in [-0.25, -0.2) is 4.98 Å². The molecule has 3 N–H and O–H groups in total. The molecule has 0 saturated heterocycles. The van der Waals surface area contributed by atoms with Gasteiger partial charge in [-0.05, 0) is 30.3 Å². The highest BCUT2D eigenvalue weighted by Crippen LogP contribution is 2.21. The molecule has 0 saturated carbocycles. The van der Waals surface area contributed by atoms with Crippen LogP contribution in [0.5, 0.6) is 11.6 Å². The lowest BCUT2D eigenvalue weighted by Gasteiger charge is -2.05. The third-order valence-corrected chi connectivity index (χ3v) is 2.43. The van der Waals surface area contributed by atoms with E-state index in [1.54, 1.807) is 36.4 Å². The van der Waals surface area contributed by atoms with Gasteiger partial charge in [-0.15, -0.1) is 0 Å². The second-order valence-electron chi connectivity index (χ2n) is 3.42. The third-order valence-electron chi connectivity index (χ3n) is 2.17. The maximum absolute atomic E-state index is 8.59. The first kappa shape index (κ1) is 12.2. The smallest absolute Gasteiger partial charge is 0.219 e. The molecule has 0 atom stereocenters. The summed E-state index contributed by atoms with van der Waals surface area (Å²) in [6.07, 6.45) is 1.51. The van der Waals surface area contributed by atoms with Gasteiger partial charge in [-0.3, -0.25) is 0 Å². The zero-order chi connectivity index (χ0) is 13.0. The number of ether oxygens (including phenoxy) is 1. The lowest BCUT2D eigenvalue weighted by molar-refractivity contribution is 0.318. The van der Waals surface area contributed by atoms with E-state index in [-0.39, 0.29) is 5.84 Å². The molecular formula is C12H10ClN3O2. The van der Waals surface area contributed by atoms with Gasteiger partial charge in [0.25, 0.3) is 0 Å². The Balaban J connectivity index is 2.22. The molecule has 0 aliphatic heterocycles. The van der Waals surface area contributed by atoms with E-state index in [0.717, 1.165) is 0 Å². The number of hydrogen-bond donors (Lipinski definition) is 2. The van der Waals surface area contributed by atoms with Crippen LogP contribution in [0.15, 0.2) is 47.8 Å². The Labute approximate surface area is 108 Å². The molecule has 92 valence electrons. The molecule has 0 amide bonds. The molecule has 0 bridgehead atoms. The van der Waals surface area contributed by atoms with Crippen LogP contribution >= 0.6 is 11.6 Å². The number of nitrogens with zero attached hydrogens (tertiary/aromatic N) is 2. The zero-order valence-electron chi connectivity index (χ0n) is 9.25. The van der Waals surface area contributed by atoms with Crippen LogP contribution < -0.4 is 10.5 Å². The Hall–Kier alpha value is -2.27. The van der Waals surface area contributed by atoms with Crippen LogP contribution in [0.3, 0.4) is 0 Å². The van der Waals surface area contributed by atoms with Crippen molar-refractivity contribution in [1.82, 2.24) is 4.98 Å². The Morgan fingerprint density at radius 2 is 2.00 bits per heavy atom. The molecule has 0 aliphatic rings. The van der Waals surface area contributed by atoms with Crippen LogP contribution in [0.4, 0.5) is 0 Å². The number of nitrogens with two attached hydrogens (primary N) is 1. The van der Waals surface area contributed by atoms with Crippen molar-refractivity contribution in [3.05, 3.63) is 53.2 Å². The Morgan fingerprint density at radius 1 is 1.28 bits per heavy atom. The molecule has 5 nitrogen and oxygen atoms in total. The maximum Gasteiger partial charge on any atom is 0.219 e. The topological polar surface area (TPSA) is 80.7 Å². The second-order valence-corrected chi connectivity index (χ2v) is 3.86. The molecule has 1 heterocycles. The summed E-state index contributed by atoms with van der Waals surface area (Å²) in [6.45, 7) is 0. The van der Waals surface area contributed by atoms with Crippen LogP contribution in [0.1, 0.15) is 5.56 Å². The first-order valence-electron chi connectivity index (χ1n) is 5.06. The predicted octanol–water partition coefficient (Wildman–Crippen LogP) is 2.62. The molecule has 0 aliphatic carbocycles. The van der Waals surface area contributed by atoms with Gasteiger partial charge in [0.05, 0.1) is 0 Å². The van der Waals surface area contributed by atoms with E-state index >= 15 is 0 Å². The maximum atomic E-state index is 8.59. The van der Waals surface area contributed by atoms with E-state index in [2.05, 4.69) is 10.1 Å². The van der Waals surface area contributed by atoms with E-state index in [1.807, 2.05) is 0 Å². The molecule has 6 heteroatoms. The molecule has 0 spiro atoms. The quantitative estimate of drug-likeness (QED) is 0.386. The number of halogens is 1. The van der Waals surface area contributed by atoms with Crippen molar-refractivity contribution < 1.29 is 9.94 Å². The van der Waals surface area contributed by atoms with Crippen LogP contribution in [-0.2, 0) is 0 Å². The fourth-order valence-electron chi connectivity index (χ4n) is 1.31. The first-order valence-corrected chi connectivity index (χ1v) is 5.44. The number of amidine groups is 1. The lowest BCUT2D eigenvalue weighted by Crippen LogP contribution is -2.13. The highest BCUT2D eigenvalue weighted by atomic mass is 35.5. The minimum atomic E-state index is -0.00152. The van der Waals surface area contributed by atoms with Gasteiger partial charge in [-0.1, -0.05) is 16.8 Å². The molecule has 2 rings (SSSR count). The van der Waals surface area contributed by atoms with Crippen molar-refractivity contribution in [2.75, 3.05) is 0 Å². The number of rotatable bonds is 3. The van der Waals surface area contributed by atoms with Gasteiger partial charge in [0.15, 0.2) is 5.84 Å². The Kier molecular flexibility index (Phi) is 3.64. The highest BCUT2D eigenvalue weighted by molar-refractivity contribution is 6.30. The minimum Gasteiger partial charge on any atom is -0.439 e. The first-order chi connectivity index (χ1) is 8.69. The molecule has 18 heavy (non-hydrogen) atoms. The summed E-state index contributed by atoms with van der Waals surface area (Å²) in [7, 11) is 0. The number of pyridine rings is 1. The summed E-state index contributed by atoms with van der Waals surface area (Å²) in [5.41, 5.74) is 6.00. The van der Waals surface area contributed by atoms with Gasteiger partial charge in [0.1, 0.15) is 5.75 Å². The molecular weight excluding hydrogens is 254 g/mol. The number of oxime groups is 1. The highest BCUT2D eigenvalue weighted by Gasteiger charge is 2.03. The van der Waals surface area contributed by atoms with Crippen molar-refractivity contribution in [1.29, 1.82) is 0 Å². The van der Waals surface area contributed by atoms with E-state index in [1.165, 1.54) is 6.20 Å². The Bertz CT molecular complexity index is 570. The van der Waals surface area contributed by atoms with Crippen molar-refractivity contribution in [3.63, 3.8) is 0 Å². The molecule has 0 fully saturated rings. The number of aromatic nitrogens is 1. The number of benzene rings is 1. The van der Waals surface area contributed by atoms with E-state index < -0.39 is 0 Å². The second kappa shape index (κ2) is 5.37. The molecule has 1 aromatic heterocycles. The number of hydrogen-bond acceptors (Lipinski definition) is 4. The molecule has 1 aromatic carbocycles. The van der Waals surface area contributed by atoms with E-state index in [4.69, 9.17) is 27.3 Å². The summed E-state index contributed by atoms with van der Waals surface area (Å²) in [5, 5.41) is 12.1. The molecule has 0 radical (unpaired) electrons. The van der Waals surface area contributed by atoms with Gasteiger partial charge >= 0.3 is 0 Å². The average molecular weight is 264 g/mol. The zero-order valence-corrected chi connectivity index (χ0v) is 10.0. The van der Waals surface area contributed by atoms with Gasteiger partial charge in [0.2, 0.25) is 5.88 Å². The van der Waals surface area contributed by atoms with Crippen LogP contribution in [-0.4, -0.2) is 16.0 Å². The van der Waals surface area contributed by atoms with E-state index in [0.29, 0.717) is 22.2 Å². The predicted molar refractivity (Wildman–Crippen MR) is 68.3 cm³/mol. The van der Waals surface area contributed by atoms with Crippen molar-refractivity contribution in [2.24, 2.45) is 10.9 Å². The van der Waals surface area contributed by atoms with Gasteiger partial charge < -0.3 is 15.7 Å². The van der Waals surface area contributed by atoms with Crippen LogP contribution in [0, 0.1) is 0 Å². The molecule has 2 aromatic rings. The average Bonchev–Trinajstić information content (AvgIpc) is 2.41. The van der Waals surface area contributed by atoms with Crippen LogP contribution in [0.25, 0.3) is 0 Å². The van der Waals surface area contributed by atoms with Gasteiger partial charge in [0, 0.05) is 22.8 Å². The third kappa shape index (κ3) is 2.89. The SMILES string of the molecule is N/C(=N\O)c1ccnc(Oc2ccc(Cl)cc2)c1. The summed E-state index contributed by atoms with van der Waals surface area (Å²) in [5.74, 6) is 0.948. The summed E-state index contributed by atoms with van der Waals surface area (Å²) < 4.78 is 5.51. The fourth-order valence-corrected chi connectivity index (χ4v) is 1.43. The fraction of sp³-hybridized carbons (Fsp3) is 0. The summed E-state index contributed by atoms with van der Waals surface area (Å²) in [6, 6.07) is 10.1. The van der Waals surface area contributed by atoms with E-state index in [9.17, 15) is 0 Å². The minimum absolute atomic E-state index is 0.00152. The van der Waals surface area contributed by atoms with Crippen LogP contribution in [0.2, 0.25) is 5.02 Å². The lowest BCUT2D eigenvalue weighted by atomic mass is 10.2. The summed E-state index contributed by atoms with van der Waals surface area (Å²) in [4.78, 5) is 4.03. The standard InChI is InChI=1S/C12H10ClN3O2/c13-9-1-3-10(4-2-9)18-11-7-8(5-6-15-11)12(14)16-17/h1-7,17H,(H2,14,16). The monoisotopic (exact) mass is 263 g/mol. The van der Waals surface area contributed by atoms with Gasteiger partial charge in [-0.2, -0.15) is 0 Å². The Morgan fingerprint density at radius 3 is 2.67 bits per heavy atom. The largest absolute Gasteiger partial charge is 0.439 e. The van der Waals surface area contributed by atoms with Crippen molar-refractivity contribution in [3.8, 4) is 11.6 Å². The normalized spacial score (nSPS) is 11.3. The van der Waals surface area contributed by atoms with Crippen molar-refractivity contribution in [2.45, 2.75) is 0 Å². The summed E-state index contributed by atoms with van der Waals surface area (Å²) >= 11 is 5.77. The van der Waals surface area contributed by atoms with Crippen molar-refractivity contribution >= 4 is 17.4 Å². The molecule has 0 unspecified atom stereocenters.